The molecule has 1 aliphatic heterocycles. The van der Waals surface area contributed by atoms with Crippen LogP contribution >= 0.6 is 0 Å². The molecule has 104 valence electrons. The monoisotopic (exact) mass is 270 g/mol. The number of hydrazine groups is 1. The van der Waals surface area contributed by atoms with Crippen molar-refractivity contribution in [3.8, 4) is 0 Å². The highest BCUT2D eigenvalue weighted by Gasteiger charge is 2.40. The van der Waals surface area contributed by atoms with E-state index in [1.54, 1.807) is 13.8 Å². The topological polar surface area (TPSA) is 61.4 Å². The van der Waals surface area contributed by atoms with E-state index < -0.39 is 29.1 Å². The van der Waals surface area contributed by atoms with E-state index in [0.717, 1.165) is 18.2 Å². The summed E-state index contributed by atoms with van der Waals surface area (Å²) in [6, 6.07) is 2.29. The van der Waals surface area contributed by atoms with Gasteiger partial charge < -0.3 is 5.11 Å². The Balaban J connectivity index is 2.27. The predicted molar refractivity (Wildman–Crippen MR) is 65.5 cm³/mol. The van der Waals surface area contributed by atoms with Gasteiger partial charge in [0.05, 0.1) is 0 Å². The van der Waals surface area contributed by atoms with Crippen molar-refractivity contribution in [2.24, 2.45) is 0 Å². The molecule has 4 nitrogen and oxygen atoms in total. The second-order valence-corrected chi connectivity index (χ2v) is 5.31. The van der Waals surface area contributed by atoms with Gasteiger partial charge in [0, 0.05) is 11.5 Å². The minimum Gasteiger partial charge on any atom is -0.480 e. The van der Waals surface area contributed by atoms with E-state index in [1.807, 2.05) is 0 Å². The van der Waals surface area contributed by atoms with Crippen molar-refractivity contribution in [2.45, 2.75) is 37.8 Å². The van der Waals surface area contributed by atoms with E-state index in [9.17, 15) is 13.6 Å². The molecule has 0 aromatic heterocycles. The molecule has 1 saturated heterocycles. The van der Waals surface area contributed by atoms with Crippen molar-refractivity contribution in [1.29, 1.82) is 0 Å². The number of carbonyl (C=O) groups is 1. The number of aliphatic carboxylic acids is 1. The Bertz CT molecular complexity index is 505. The third-order valence-electron chi connectivity index (χ3n) is 3.70. The number of hydrogen-bond donors (Lipinski definition) is 3. The third-order valence-corrected chi connectivity index (χ3v) is 3.70. The number of rotatable bonds is 3. The Morgan fingerprint density at radius 1 is 1.37 bits per heavy atom. The fourth-order valence-corrected chi connectivity index (χ4v) is 2.37. The Morgan fingerprint density at radius 2 is 2.05 bits per heavy atom. The summed E-state index contributed by atoms with van der Waals surface area (Å²) < 4.78 is 27.1. The van der Waals surface area contributed by atoms with Crippen molar-refractivity contribution in [2.75, 3.05) is 0 Å². The lowest BCUT2D eigenvalue weighted by Crippen LogP contribution is -2.44. The van der Waals surface area contributed by atoms with Crippen molar-refractivity contribution in [1.82, 2.24) is 10.9 Å². The van der Waals surface area contributed by atoms with Crippen LogP contribution in [0.1, 0.15) is 25.8 Å². The normalized spacial score (nSPS) is 23.6. The minimum atomic E-state index is -0.967. The summed E-state index contributed by atoms with van der Waals surface area (Å²) in [7, 11) is 0. The molecule has 2 atom stereocenters. The van der Waals surface area contributed by atoms with E-state index in [0.29, 0.717) is 6.42 Å². The molecule has 0 spiro atoms. The van der Waals surface area contributed by atoms with Gasteiger partial charge in [0.15, 0.2) is 0 Å². The molecule has 1 aliphatic rings. The average Bonchev–Trinajstić information content (AvgIpc) is 2.82. The van der Waals surface area contributed by atoms with E-state index in [-0.39, 0.29) is 11.6 Å². The third kappa shape index (κ3) is 2.59. The summed E-state index contributed by atoms with van der Waals surface area (Å²) in [5, 5.41) is 8.93. The van der Waals surface area contributed by atoms with Crippen LogP contribution in [0, 0.1) is 11.6 Å². The molecular formula is C13H16F2N2O2. The largest absolute Gasteiger partial charge is 0.480 e. The first-order chi connectivity index (χ1) is 8.82. The van der Waals surface area contributed by atoms with Crippen LogP contribution < -0.4 is 10.9 Å². The SMILES string of the molecule is CC(C)(c1cc(F)ccc1F)C1CC(C(=O)O)NN1. The summed E-state index contributed by atoms with van der Waals surface area (Å²) in [4.78, 5) is 10.9. The van der Waals surface area contributed by atoms with Crippen LogP contribution in [0.2, 0.25) is 0 Å². The second kappa shape index (κ2) is 4.86. The number of benzene rings is 1. The van der Waals surface area contributed by atoms with Crippen molar-refractivity contribution in [3.05, 3.63) is 35.4 Å². The molecule has 2 unspecified atom stereocenters. The summed E-state index contributed by atoms with van der Waals surface area (Å²) in [5.41, 5.74) is 5.01. The second-order valence-electron chi connectivity index (χ2n) is 5.31. The molecule has 0 aliphatic carbocycles. The highest BCUT2D eigenvalue weighted by molar-refractivity contribution is 5.73. The molecule has 2 rings (SSSR count). The zero-order valence-electron chi connectivity index (χ0n) is 10.7. The van der Waals surface area contributed by atoms with E-state index in [2.05, 4.69) is 10.9 Å². The first-order valence-corrected chi connectivity index (χ1v) is 6.01. The van der Waals surface area contributed by atoms with Crippen molar-refractivity contribution in [3.63, 3.8) is 0 Å². The Kier molecular flexibility index (Phi) is 3.56. The van der Waals surface area contributed by atoms with Crippen LogP contribution in [0.25, 0.3) is 0 Å². The summed E-state index contributed by atoms with van der Waals surface area (Å²) in [6.45, 7) is 3.52. The van der Waals surface area contributed by atoms with Crippen LogP contribution in [-0.2, 0) is 10.2 Å². The molecule has 3 N–H and O–H groups in total. The molecule has 0 bridgehead atoms. The highest BCUT2D eigenvalue weighted by Crippen LogP contribution is 2.33. The first-order valence-electron chi connectivity index (χ1n) is 6.01. The van der Waals surface area contributed by atoms with Crippen molar-refractivity contribution >= 4 is 5.97 Å². The molecule has 1 heterocycles. The van der Waals surface area contributed by atoms with E-state index in [4.69, 9.17) is 5.11 Å². The lowest BCUT2D eigenvalue weighted by molar-refractivity contribution is -0.139. The number of carboxylic acid groups (broad SMARTS) is 1. The standard InChI is InChI=1S/C13H16F2N2O2/c1-13(2,8-5-7(14)3-4-9(8)15)11-6-10(12(18)19)16-17-11/h3-5,10-11,16-17H,6H2,1-2H3,(H,18,19). The Labute approximate surface area is 109 Å². The van der Waals surface area contributed by atoms with Gasteiger partial charge in [0.1, 0.15) is 17.7 Å². The lowest BCUT2D eigenvalue weighted by Gasteiger charge is -2.32. The van der Waals surface area contributed by atoms with Gasteiger partial charge in [0.25, 0.3) is 0 Å². The predicted octanol–water partition coefficient (Wildman–Crippen LogP) is 1.56. The maximum Gasteiger partial charge on any atom is 0.322 e. The molecule has 1 aromatic carbocycles. The van der Waals surface area contributed by atoms with Crippen molar-refractivity contribution < 1.29 is 18.7 Å². The molecule has 0 saturated carbocycles. The van der Waals surface area contributed by atoms with Gasteiger partial charge in [-0.25, -0.2) is 14.2 Å². The van der Waals surface area contributed by atoms with Gasteiger partial charge in [-0.2, -0.15) is 0 Å². The van der Waals surface area contributed by atoms with E-state index >= 15 is 0 Å². The molecule has 0 amide bonds. The maximum atomic E-state index is 13.8. The van der Waals surface area contributed by atoms with Crippen LogP contribution in [0.5, 0.6) is 0 Å². The van der Waals surface area contributed by atoms with Gasteiger partial charge in [-0.1, -0.05) is 13.8 Å². The van der Waals surface area contributed by atoms with Crippen LogP contribution in [-0.4, -0.2) is 23.2 Å². The Hall–Kier alpha value is -1.53. The summed E-state index contributed by atoms with van der Waals surface area (Å²) in [6.07, 6.45) is 0.304. The molecule has 0 radical (unpaired) electrons. The number of carboxylic acids is 1. The number of hydrogen-bond acceptors (Lipinski definition) is 3. The molecule has 1 aromatic rings. The zero-order valence-corrected chi connectivity index (χ0v) is 10.7. The zero-order chi connectivity index (χ0) is 14.2. The van der Waals surface area contributed by atoms with Gasteiger partial charge in [-0.3, -0.25) is 10.2 Å². The molecule has 19 heavy (non-hydrogen) atoms. The highest BCUT2D eigenvalue weighted by atomic mass is 19.1. The fourth-order valence-electron chi connectivity index (χ4n) is 2.37. The first kappa shape index (κ1) is 13.9. The summed E-state index contributed by atoms with van der Waals surface area (Å²) in [5.74, 6) is -1.97. The Morgan fingerprint density at radius 3 is 2.63 bits per heavy atom. The number of nitrogens with one attached hydrogen (secondary N) is 2. The van der Waals surface area contributed by atoms with Crippen LogP contribution in [0.15, 0.2) is 18.2 Å². The average molecular weight is 270 g/mol. The van der Waals surface area contributed by atoms with Crippen LogP contribution in [0.4, 0.5) is 8.78 Å². The smallest absolute Gasteiger partial charge is 0.322 e. The molecule has 6 heteroatoms. The van der Waals surface area contributed by atoms with Gasteiger partial charge in [-0.05, 0) is 30.2 Å². The van der Waals surface area contributed by atoms with Gasteiger partial charge in [-0.15, -0.1) is 0 Å². The van der Waals surface area contributed by atoms with Crippen LogP contribution in [0.3, 0.4) is 0 Å². The van der Waals surface area contributed by atoms with E-state index in [1.165, 1.54) is 0 Å². The maximum absolute atomic E-state index is 13.8. The molecule has 1 fully saturated rings. The number of halogens is 2. The lowest BCUT2D eigenvalue weighted by atomic mass is 9.76. The molecular weight excluding hydrogens is 254 g/mol. The quantitative estimate of drug-likeness (QED) is 0.780. The van der Waals surface area contributed by atoms with Gasteiger partial charge in [0.2, 0.25) is 0 Å². The van der Waals surface area contributed by atoms with Gasteiger partial charge >= 0.3 is 5.97 Å². The summed E-state index contributed by atoms with van der Waals surface area (Å²) >= 11 is 0. The fraction of sp³-hybridized carbons (Fsp3) is 0.462. The minimum absolute atomic E-state index is 0.234.